The van der Waals surface area contributed by atoms with E-state index in [-0.39, 0.29) is 0 Å². The molecule has 0 atom stereocenters. The maximum Gasteiger partial charge on any atom is 0.124 e. The van der Waals surface area contributed by atoms with Gasteiger partial charge in [-0.2, -0.15) is 5.10 Å². The van der Waals surface area contributed by atoms with Crippen LogP contribution in [0.5, 0.6) is 5.75 Å². The first kappa shape index (κ1) is 12.5. The number of benzene rings is 1. The van der Waals surface area contributed by atoms with Crippen LogP contribution in [0, 0.1) is 6.92 Å². The van der Waals surface area contributed by atoms with Crippen molar-refractivity contribution in [3.05, 3.63) is 41.1 Å². The molecule has 0 aliphatic rings. The molecule has 1 heterocycles. The number of aryl methyl sites for hydroxylation is 3. The van der Waals surface area contributed by atoms with Gasteiger partial charge in [-0.25, -0.2) is 0 Å². The maximum atomic E-state index is 5.89. The van der Waals surface area contributed by atoms with Crippen molar-refractivity contribution >= 4 is 5.82 Å². The van der Waals surface area contributed by atoms with Gasteiger partial charge in [0.1, 0.15) is 11.6 Å². The van der Waals surface area contributed by atoms with Crippen LogP contribution < -0.4 is 10.5 Å². The molecule has 0 spiro atoms. The minimum Gasteiger partial charge on any atom is -0.497 e. The number of hydrogen-bond acceptors (Lipinski definition) is 3. The largest absolute Gasteiger partial charge is 0.497 e. The van der Waals surface area contributed by atoms with Crippen LogP contribution in [0.2, 0.25) is 0 Å². The molecule has 0 saturated heterocycles. The molecule has 18 heavy (non-hydrogen) atoms. The van der Waals surface area contributed by atoms with Crippen LogP contribution in [0.15, 0.2) is 24.3 Å². The summed E-state index contributed by atoms with van der Waals surface area (Å²) in [5.74, 6) is 1.64. The number of aromatic nitrogens is 2. The van der Waals surface area contributed by atoms with Crippen LogP contribution in [-0.2, 0) is 19.9 Å². The van der Waals surface area contributed by atoms with Crippen molar-refractivity contribution in [1.29, 1.82) is 0 Å². The normalized spacial score (nSPS) is 10.6. The van der Waals surface area contributed by atoms with Crippen LogP contribution in [0.3, 0.4) is 0 Å². The van der Waals surface area contributed by atoms with Gasteiger partial charge in [-0.05, 0) is 37.5 Å². The molecule has 0 saturated carbocycles. The van der Waals surface area contributed by atoms with E-state index in [1.807, 2.05) is 26.1 Å². The predicted octanol–water partition coefficient (Wildman–Crippen LogP) is 2.10. The molecule has 0 aliphatic carbocycles. The van der Waals surface area contributed by atoms with Gasteiger partial charge in [0.05, 0.1) is 12.8 Å². The average Bonchev–Trinajstić information content (AvgIpc) is 2.64. The van der Waals surface area contributed by atoms with Gasteiger partial charge >= 0.3 is 0 Å². The molecule has 2 aromatic rings. The zero-order valence-electron chi connectivity index (χ0n) is 11.1. The summed E-state index contributed by atoms with van der Waals surface area (Å²) in [4.78, 5) is 0. The second-order valence-corrected chi connectivity index (χ2v) is 4.43. The lowest BCUT2D eigenvalue weighted by Crippen LogP contribution is -1.98. The molecule has 96 valence electrons. The predicted molar refractivity (Wildman–Crippen MR) is 72.8 cm³/mol. The van der Waals surface area contributed by atoms with Crippen LogP contribution in [0.1, 0.15) is 16.8 Å². The summed E-state index contributed by atoms with van der Waals surface area (Å²) in [6.07, 6.45) is 1.87. The van der Waals surface area contributed by atoms with Crippen LogP contribution >= 0.6 is 0 Å². The fourth-order valence-corrected chi connectivity index (χ4v) is 1.99. The third-order valence-electron chi connectivity index (χ3n) is 3.25. The van der Waals surface area contributed by atoms with E-state index < -0.39 is 0 Å². The van der Waals surface area contributed by atoms with Crippen LogP contribution in [0.4, 0.5) is 5.82 Å². The smallest absolute Gasteiger partial charge is 0.124 e. The monoisotopic (exact) mass is 245 g/mol. The number of hydrogen-bond donors (Lipinski definition) is 1. The first-order valence-corrected chi connectivity index (χ1v) is 6.02. The summed E-state index contributed by atoms with van der Waals surface area (Å²) in [6, 6.07) is 8.13. The maximum absolute atomic E-state index is 5.89. The standard InChI is InChI=1S/C14H19N3O/c1-10-13(16-17(2)14(10)15)9-6-11-4-7-12(18-3)8-5-11/h4-5,7-8H,6,9,15H2,1-3H3. The van der Waals surface area contributed by atoms with E-state index in [0.717, 1.165) is 35.7 Å². The molecule has 2 rings (SSSR count). The summed E-state index contributed by atoms with van der Waals surface area (Å²) < 4.78 is 6.87. The molecule has 1 aromatic heterocycles. The molecular formula is C14H19N3O. The van der Waals surface area contributed by atoms with Crippen molar-refractivity contribution in [2.45, 2.75) is 19.8 Å². The van der Waals surface area contributed by atoms with E-state index in [1.165, 1.54) is 5.56 Å². The minimum absolute atomic E-state index is 0.750. The van der Waals surface area contributed by atoms with Gasteiger partial charge in [0.2, 0.25) is 0 Å². The SMILES string of the molecule is COc1ccc(CCc2nn(C)c(N)c2C)cc1. The van der Waals surface area contributed by atoms with Crippen molar-refractivity contribution in [1.82, 2.24) is 9.78 Å². The van der Waals surface area contributed by atoms with E-state index >= 15 is 0 Å². The number of ether oxygens (including phenoxy) is 1. The number of rotatable bonds is 4. The number of nitrogens with two attached hydrogens (primary N) is 1. The van der Waals surface area contributed by atoms with E-state index in [9.17, 15) is 0 Å². The fourth-order valence-electron chi connectivity index (χ4n) is 1.99. The van der Waals surface area contributed by atoms with Crippen LogP contribution in [-0.4, -0.2) is 16.9 Å². The zero-order chi connectivity index (χ0) is 13.1. The number of nitrogens with zero attached hydrogens (tertiary/aromatic N) is 2. The van der Waals surface area contributed by atoms with Crippen molar-refractivity contribution < 1.29 is 4.74 Å². The van der Waals surface area contributed by atoms with E-state index in [0.29, 0.717) is 0 Å². The quantitative estimate of drug-likeness (QED) is 0.897. The molecule has 0 fully saturated rings. The number of anilines is 1. The summed E-state index contributed by atoms with van der Waals surface area (Å²) in [5.41, 5.74) is 9.33. The Morgan fingerprint density at radius 2 is 1.89 bits per heavy atom. The second-order valence-electron chi connectivity index (χ2n) is 4.43. The van der Waals surface area contributed by atoms with Gasteiger partial charge in [-0.15, -0.1) is 0 Å². The molecule has 2 N–H and O–H groups in total. The zero-order valence-corrected chi connectivity index (χ0v) is 11.1. The minimum atomic E-state index is 0.750. The lowest BCUT2D eigenvalue weighted by molar-refractivity contribution is 0.414. The fraction of sp³-hybridized carbons (Fsp3) is 0.357. The van der Waals surface area contributed by atoms with Crippen molar-refractivity contribution in [2.24, 2.45) is 7.05 Å². The number of nitrogen functional groups attached to an aromatic ring is 1. The molecule has 4 nitrogen and oxygen atoms in total. The Morgan fingerprint density at radius 3 is 2.39 bits per heavy atom. The molecule has 0 unspecified atom stereocenters. The van der Waals surface area contributed by atoms with Crippen molar-refractivity contribution in [2.75, 3.05) is 12.8 Å². The summed E-state index contributed by atoms with van der Waals surface area (Å²) in [7, 11) is 3.55. The Bertz CT molecular complexity index is 529. The highest BCUT2D eigenvalue weighted by atomic mass is 16.5. The highest BCUT2D eigenvalue weighted by molar-refractivity contribution is 5.42. The van der Waals surface area contributed by atoms with Gasteiger partial charge in [-0.1, -0.05) is 12.1 Å². The first-order valence-electron chi connectivity index (χ1n) is 6.02. The topological polar surface area (TPSA) is 53.1 Å². The van der Waals surface area contributed by atoms with Gasteiger partial charge < -0.3 is 10.5 Å². The van der Waals surface area contributed by atoms with Crippen molar-refractivity contribution in [3.8, 4) is 5.75 Å². The first-order chi connectivity index (χ1) is 8.61. The Hall–Kier alpha value is -1.97. The Labute approximate surface area is 107 Å². The van der Waals surface area contributed by atoms with E-state index in [2.05, 4.69) is 17.2 Å². The van der Waals surface area contributed by atoms with Gasteiger partial charge in [-0.3, -0.25) is 4.68 Å². The van der Waals surface area contributed by atoms with Gasteiger partial charge in [0, 0.05) is 12.6 Å². The molecule has 0 amide bonds. The number of methoxy groups -OCH3 is 1. The molecule has 1 aromatic carbocycles. The van der Waals surface area contributed by atoms with Gasteiger partial charge in [0.25, 0.3) is 0 Å². The summed E-state index contributed by atoms with van der Waals surface area (Å²) in [5, 5.41) is 4.43. The molecule has 0 bridgehead atoms. The van der Waals surface area contributed by atoms with E-state index in [1.54, 1.807) is 11.8 Å². The molecule has 0 radical (unpaired) electrons. The summed E-state index contributed by atoms with van der Waals surface area (Å²) >= 11 is 0. The lowest BCUT2D eigenvalue weighted by atomic mass is 10.1. The third-order valence-corrected chi connectivity index (χ3v) is 3.25. The second kappa shape index (κ2) is 5.12. The Morgan fingerprint density at radius 1 is 1.22 bits per heavy atom. The van der Waals surface area contributed by atoms with Crippen LogP contribution in [0.25, 0.3) is 0 Å². The highest BCUT2D eigenvalue weighted by Gasteiger charge is 2.09. The van der Waals surface area contributed by atoms with E-state index in [4.69, 9.17) is 10.5 Å². The lowest BCUT2D eigenvalue weighted by Gasteiger charge is -2.03. The average molecular weight is 245 g/mol. The van der Waals surface area contributed by atoms with Crippen molar-refractivity contribution in [3.63, 3.8) is 0 Å². The Balaban J connectivity index is 2.04. The third kappa shape index (κ3) is 2.47. The van der Waals surface area contributed by atoms with Gasteiger partial charge in [0.15, 0.2) is 0 Å². The highest BCUT2D eigenvalue weighted by Crippen LogP contribution is 2.17. The molecular weight excluding hydrogens is 226 g/mol. The molecule has 0 aliphatic heterocycles. The Kier molecular flexibility index (Phi) is 3.55. The summed E-state index contributed by atoms with van der Waals surface area (Å²) in [6.45, 7) is 2.02. The molecule has 4 heteroatoms.